The smallest absolute Gasteiger partial charge is 0.408 e. The first kappa shape index (κ1) is 15.1. The number of benzene rings is 1. The lowest BCUT2D eigenvalue weighted by Crippen LogP contribution is -2.39. The standard InChI is InChI=1S/C15H21NO3/c1-5-12(16-14(18)19-15(2,3)4)10-11-6-8-13(17)9-7-11/h5-9,12,17H,1,10H2,2-4H3,(H,16,18)/t12-/m1/s1. The van der Waals surface area contributed by atoms with Gasteiger partial charge in [-0.15, -0.1) is 6.58 Å². The highest BCUT2D eigenvalue weighted by molar-refractivity contribution is 5.68. The molecule has 0 spiro atoms. The Balaban J connectivity index is 2.57. The van der Waals surface area contributed by atoms with E-state index in [1.54, 1.807) is 18.2 Å². The molecule has 1 aromatic carbocycles. The molecule has 0 heterocycles. The highest BCUT2D eigenvalue weighted by atomic mass is 16.6. The molecule has 104 valence electrons. The van der Waals surface area contributed by atoms with Crippen LogP contribution >= 0.6 is 0 Å². The summed E-state index contributed by atoms with van der Waals surface area (Å²) >= 11 is 0. The van der Waals surface area contributed by atoms with Gasteiger partial charge in [-0.25, -0.2) is 4.79 Å². The summed E-state index contributed by atoms with van der Waals surface area (Å²) in [5.41, 5.74) is 0.479. The molecule has 0 aliphatic heterocycles. The maximum atomic E-state index is 11.7. The van der Waals surface area contributed by atoms with E-state index in [2.05, 4.69) is 11.9 Å². The van der Waals surface area contributed by atoms with Crippen LogP contribution in [0.25, 0.3) is 0 Å². The zero-order chi connectivity index (χ0) is 14.5. The summed E-state index contributed by atoms with van der Waals surface area (Å²) < 4.78 is 5.19. The summed E-state index contributed by atoms with van der Waals surface area (Å²) in [5, 5.41) is 12.0. The second-order valence-electron chi connectivity index (χ2n) is 5.36. The van der Waals surface area contributed by atoms with Crippen LogP contribution in [0.2, 0.25) is 0 Å². The van der Waals surface area contributed by atoms with Gasteiger partial charge in [-0.2, -0.15) is 0 Å². The SMILES string of the molecule is C=C[C@H](Cc1ccc(O)cc1)NC(=O)OC(C)(C)C. The molecule has 1 atom stereocenters. The van der Waals surface area contributed by atoms with E-state index >= 15 is 0 Å². The van der Waals surface area contributed by atoms with Gasteiger partial charge in [0, 0.05) is 0 Å². The van der Waals surface area contributed by atoms with Crippen molar-refractivity contribution >= 4 is 6.09 Å². The number of hydrogen-bond donors (Lipinski definition) is 2. The molecule has 0 saturated heterocycles. The van der Waals surface area contributed by atoms with Crippen LogP contribution in [-0.2, 0) is 11.2 Å². The number of carbonyl (C=O) groups excluding carboxylic acids is 1. The maximum Gasteiger partial charge on any atom is 0.408 e. The number of nitrogens with one attached hydrogen (secondary N) is 1. The van der Waals surface area contributed by atoms with Crippen LogP contribution in [-0.4, -0.2) is 22.8 Å². The average molecular weight is 263 g/mol. The molecule has 0 unspecified atom stereocenters. The molecule has 1 aromatic rings. The van der Waals surface area contributed by atoms with Crippen LogP contribution in [0.5, 0.6) is 5.75 Å². The number of phenolic OH excluding ortho intramolecular Hbond substituents is 1. The van der Waals surface area contributed by atoms with Crippen LogP contribution in [0.1, 0.15) is 26.3 Å². The summed E-state index contributed by atoms with van der Waals surface area (Å²) in [4.78, 5) is 11.7. The molecule has 0 aromatic heterocycles. The summed E-state index contributed by atoms with van der Waals surface area (Å²) in [6, 6.07) is 6.64. The van der Waals surface area contributed by atoms with E-state index < -0.39 is 11.7 Å². The number of hydrogen-bond acceptors (Lipinski definition) is 3. The summed E-state index contributed by atoms with van der Waals surface area (Å²) in [7, 11) is 0. The van der Waals surface area contributed by atoms with Crippen molar-refractivity contribution in [1.29, 1.82) is 0 Å². The molecule has 1 amide bonds. The highest BCUT2D eigenvalue weighted by Gasteiger charge is 2.18. The lowest BCUT2D eigenvalue weighted by molar-refractivity contribution is 0.0514. The van der Waals surface area contributed by atoms with Gasteiger partial charge in [-0.05, 0) is 44.9 Å². The highest BCUT2D eigenvalue weighted by Crippen LogP contribution is 2.12. The lowest BCUT2D eigenvalue weighted by atomic mass is 10.1. The molecule has 0 bridgehead atoms. The molecule has 19 heavy (non-hydrogen) atoms. The van der Waals surface area contributed by atoms with Gasteiger partial charge < -0.3 is 15.2 Å². The number of ether oxygens (including phenoxy) is 1. The first-order valence-corrected chi connectivity index (χ1v) is 6.20. The Morgan fingerprint density at radius 1 is 1.42 bits per heavy atom. The number of phenols is 1. The van der Waals surface area contributed by atoms with Crippen LogP contribution in [0.15, 0.2) is 36.9 Å². The molecule has 4 heteroatoms. The van der Waals surface area contributed by atoms with Crippen molar-refractivity contribution in [2.75, 3.05) is 0 Å². The molecule has 0 saturated carbocycles. The monoisotopic (exact) mass is 263 g/mol. The molecule has 2 N–H and O–H groups in total. The van der Waals surface area contributed by atoms with Crippen molar-refractivity contribution < 1.29 is 14.6 Å². The molecule has 1 rings (SSSR count). The summed E-state index contributed by atoms with van der Waals surface area (Å²) in [6.45, 7) is 9.15. The van der Waals surface area contributed by atoms with Gasteiger partial charge in [0.05, 0.1) is 6.04 Å². The van der Waals surface area contributed by atoms with Crippen LogP contribution < -0.4 is 5.32 Å². The Hall–Kier alpha value is -1.97. The first-order valence-electron chi connectivity index (χ1n) is 6.20. The fourth-order valence-corrected chi connectivity index (χ4v) is 1.54. The third kappa shape index (κ3) is 5.95. The maximum absolute atomic E-state index is 11.7. The Morgan fingerprint density at radius 2 is 2.00 bits per heavy atom. The second-order valence-corrected chi connectivity index (χ2v) is 5.36. The van der Waals surface area contributed by atoms with E-state index in [1.807, 2.05) is 32.9 Å². The third-order valence-corrected chi connectivity index (χ3v) is 2.38. The van der Waals surface area contributed by atoms with E-state index in [1.165, 1.54) is 0 Å². The lowest BCUT2D eigenvalue weighted by Gasteiger charge is -2.22. The van der Waals surface area contributed by atoms with Gasteiger partial charge in [0.2, 0.25) is 0 Å². The minimum atomic E-state index is -0.520. The van der Waals surface area contributed by atoms with Gasteiger partial charge in [-0.1, -0.05) is 18.2 Å². The molecular weight excluding hydrogens is 242 g/mol. The summed E-state index contributed by atoms with van der Waals surface area (Å²) in [5.74, 6) is 0.221. The first-order chi connectivity index (χ1) is 8.80. The fourth-order valence-electron chi connectivity index (χ4n) is 1.54. The quantitative estimate of drug-likeness (QED) is 0.821. The largest absolute Gasteiger partial charge is 0.508 e. The van der Waals surface area contributed by atoms with Crippen LogP contribution in [0.4, 0.5) is 4.79 Å². The Labute approximate surface area is 114 Å². The van der Waals surface area contributed by atoms with Gasteiger partial charge in [-0.3, -0.25) is 0 Å². The van der Waals surface area contributed by atoms with Crippen molar-refractivity contribution in [1.82, 2.24) is 5.32 Å². The third-order valence-electron chi connectivity index (χ3n) is 2.38. The van der Waals surface area contributed by atoms with Crippen molar-refractivity contribution in [2.45, 2.75) is 38.8 Å². The molecule has 4 nitrogen and oxygen atoms in total. The van der Waals surface area contributed by atoms with Crippen LogP contribution in [0, 0.1) is 0 Å². The molecule has 0 radical (unpaired) electrons. The molecule has 0 aliphatic rings. The minimum Gasteiger partial charge on any atom is -0.508 e. The van der Waals surface area contributed by atoms with E-state index in [4.69, 9.17) is 4.74 Å². The van der Waals surface area contributed by atoms with Crippen molar-refractivity contribution in [3.63, 3.8) is 0 Å². The van der Waals surface area contributed by atoms with Crippen molar-refractivity contribution in [2.24, 2.45) is 0 Å². The van der Waals surface area contributed by atoms with Gasteiger partial charge in [0.1, 0.15) is 11.4 Å². The minimum absolute atomic E-state index is 0.209. The van der Waals surface area contributed by atoms with Gasteiger partial charge in [0.25, 0.3) is 0 Å². The number of rotatable bonds is 4. The van der Waals surface area contributed by atoms with Crippen molar-refractivity contribution in [3.8, 4) is 5.75 Å². The number of aromatic hydroxyl groups is 1. The topological polar surface area (TPSA) is 58.6 Å². The summed E-state index contributed by atoms with van der Waals surface area (Å²) in [6.07, 6.45) is 1.80. The van der Waals surface area contributed by atoms with E-state index in [9.17, 15) is 9.90 Å². The van der Waals surface area contributed by atoms with Gasteiger partial charge >= 0.3 is 6.09 Å². The second kappa shape index (κ2) is 6.27. The number of alkyl carbamates (subject to hydrolysis) is 1. The predicted octanol–water partition coefficient (Wildman–Crippen LogP) is 3.01. The average Bonchev–Trinajstić information content (AvgIpc) is 2.28. The van der Waals surface area contributed by atoms with E-state index in [-0.39, 0.29) is 11.8 Å². The Bertz CT molecular complexity index is 432. The fraction of sp³-hybridized carbons (Fsp3) is 0.400. The molecular formula is C15H21NO3. The number of amides is 1. The van der Waals surface area contributed by atoms with Gasteiger partial charge in [0.15, 0.2) is 0 Å². The normalized spacial score (nSPS) is 12.6. The molecule has 0 fully saturated rings. The molecule has 0 aliphatic carbocycles. The van der Waals surface area contributed by atoms with Crippen LogP contribution in [0.3, 0.4) is 0 Å². The van der Waals surface area contributed by atoms with E-state index in [0.29, 0.717) is 6.42 Å². The zero-order valence-electron chi connectivity index (χ0n) is 11.6. The Kier molecular flexibility index (Phi) is 4.98. The van der Waals surface area contributed by atoms with E-state index in [0.717, 1.165) is 5.56 Å². The predicted molar refractivity (Wildman–Crippen MR) is 75.2 cm³/mol. The zero-order valence-corrected chi connectivity index (χ0v) is 11.6. The Morgan fingerprint density at radius 3 is 2.47 bits per heavy atom. The van der Waals surface area contributed by atoms with Crippen molar-refractivity contribution in [3.05, 3.63) is 42.5 Å². The number of carbonyl (C=O) groups is 1.